The lowest BCUT2D eigenvalue weighted by Gasteiger charge is -2.03. The molecule has 0 fully saturated rings. The van der Waals surface area contributed by atoms with Gasteiger partial charge in [-0.25, -0.2) is 4.98 Å². The number of phenolic OH excluding ortho intramolecular Hbond substituents is 1. The molecule has 0 aliphatic rings. The molecule has 3 aromatic carbocycles. The van der Waals surface area contributed by atoms with Gasteiger partial charge in [-0.15, -0.1) is 0 Å². The van der Waals surface area contributed by atoms with Crippen molar-refractivity contribution in [3.63, 3.8) is 0 Å². The van der Waals surface area contributed by atoms with Gasteiger partial charge in [-0.2, -0.15) is 0 Å². The summed E-state index contributed by atoms with van der Waals surface area (Å²) in [5.41, 5.74) is 5.20. The second-order valence-electron chi connectivity index (χ2n) is 6.31. The number of benzene rings is 3. The van der Waals surface area contributed by atoms with Crippen LogP contribution < -0.4 is 0 Å². The standard InChI is InChI=1S/C22H16I2N2O2/c1-2-13-6-7-20-19(8-13)26-22(28-20)14-4-3-5-17(10-14)25-12-15-9-16(23)11-18(24)21(15)27/h3-12,27H,2H2,1H3. The molecule has 0 aliphatic carbocycles. The number of halogens is 2. The predicted molar refractivity (Wildman–Crippen MR) is 130 cm³/mol. The van der Waals surface area contributed by atoms with E-state index in [2.05, 4.69) is 74.2 Å². The summed E-state index contributed by atoms with van der Waals surface area (Å²) >= 11 is 4.35. The monoisotopic (exact) mass is 594 g/mol. The van der Waals surface area contributed by atoms with Crippen molar-refractivity contribution in [3.05, 3.63) is 72.9 Å². The number of oxazole rings is 1. The van der Waals surface area contributed by atoms with Crippen LogP contribution in [0, 0.1) is 7.14 Å². The Morgan fingerprint density at radius 2 is 1.96 bits per heavy atom. The summed E-state index contributed by atoms with van der Waals surface area (Å²) < 4.78 is 7.77. The molecule has 1 heterocycles. The fourth-order valence-corrected chi connectivity index (χ4v) is 4.75. The SMILES string of the molecule is CCc1ccc2oc(-c3cccc(N=Cc4cc(I)cc(I)c4O)c3)nc2c1. The molecule has 0 radical (unpaired) electrons. The van der Waals surface area contributed by atoms with Crippen molar-refractivity contribution in [2.24, 2.45) is 4.99 Å². The van der Waals surface area contributed by atoms with Gasteiger partial charge < -0.3 is 9.52 Å². The Balaban J connectivity index is 1.67. The molecule has 1 aromatic heterocycles. The van der Waals surface area contributed by atoms with Gasteiger partial charge in [0.15, 0.2) is 5.58 Å². The van der Waals surface area contributed by atoms with Crippen molar-refractivity contribution in [2.45, 2.75) is 13.3 Å². The van der Waals surface area contributed by atoms with Gasteiger partial charge >= 0.3 is 0 Å². The molecule has 0 amide bonds. The number of aliphatic imine (C=N–C) groups is 1. The Morgan fingerprint density at radius 1 is 1.11 bits per heavy atom. The number of aryl methyl sites for hydroxylation is 1. The van der Waals surface area contributed by atoms with Crippen molar-refractivity contribution in [1.82, 2.24) is 4.98 Å². The van der Waals surface area contributed by atoms with E-state index in [4.69, 9.17) is 4.42 Å². The highest BCUT2D eigenvalue weighted by Gasteiger charge is 2.10. The molecule has 4 aromatic rings. The number of hydrogen-bond donors (Lipinski definition) is 1. The van der Waals surface area contributed by atoms with Crippen LogP contribution in [0.15, 0.2) is 64.0 Å². The fraction of sp³-hybridized carbons (Fsp3) is 0.0909. The van der Waals surface area contributed by atoms with Crippen LogP contribution in [0.25, 0.3) is 22.6 Å². The van der Waals surface area contributed by atoms with Crippen molar-refractivity contribution in [1.29, 1.82) is 0 Å². The van der Waals surface area contributed by atoms with Gasteiger partial charge in [-0.05, 0) is 99.6 Å². The normalized spacial score (nSPS) is 11.5. The topological polar surface area (TPSA) is 58.6 Å². The highest BCUT2D eigenvalue weighted by molar-refractivity contribution is 14.1. The van der Waals surface area contributed by atoms with Crippen LogP contribution >= 0.6 is 45.2 Å². The Morgan fingerprint density at radius 3 is 2.79 bits per heavy atom. The van der Waals surface area contributed by atoms with Crippen molar-refractivity contribution in [2.75, 3.05) is 0 Å². The lowest BCUT2D eigenvalue weighted by atomic mass is 10.1. The van der Waals surface area contributed by atoms with E-state index in [0.29, 0.717) is 11.5 Å². The van der Waals surface area contributed by atoms with E-state index in [9.17, 15) is 5.11 Å². The molecule has 0 aliphatic heterocycles. The smallest absolute Gasteiger partial charge is 0.227 e. The Bertz CT molecular complexity index is 1200. The lowest BCUT2D eigenvalue weighted by Crippen LogP contribution is -1.87. The molecule has 1 N–H and O–H groups in total. The number of aromatic hydroxyl groups is 1. The van der Waals surface area contributed by atoms with Gasteiger partial charge in [0.1, 0.15) is 11.3 Å². The largest absolute Gasteiger partial charge is 0.506 e. The van der Waals surface area contributed by atoms with Gasteiger partial charge in [-0.3, -0.25) is 4.99 Å². The van der Waals surface area contributed by atoms with Crippen LogP contribution in [0.3, 0.4) is 0 Å². The molecular formula is C22H16I2N2O2. The molecule has 0 spiro atoms. The van der Waals surface area contributed by atoms with Crippen molar-refractivity contribution >= 4 is 68.2 Å². The van der Waals surface area contributed by atoms with Gasteiger partial charge in [0, 0.05) is 20.9 Å². The molecule has 4 nitrogen and oxygen atoms in total. The van der Waals surface area contributed by atoms with Crippen LogP contribution in [0.2, 0.25) is 0 Å². The zero-order valence-corrected chi connectivity index (χ0v) is 19.3. The van der Waals surface area contributed by atoms with Crippen LogP contribution in [-0.2, 0) is 6.42 Å². The summed E-state index contributed by atoms with van der Waals surface area (Å²) in [5.74, 6) is 0.818. The molecule has 0 atom stereocenters. The third-order valence-corrected chi connectivity index (χ3v) is 5.81. The minimum atomic E-state index is 0.242. The number of nitrogens with zero attached hydrogens (tertiary/aromatic N) is 2. The molecule has 4 rings (SSSR count). The fourth-order valence-electron chi connectivity index (χ4n) is 2.86. The van der Waals surface area contributed by atoms with E-state index in [1.54, 1.807) is 6.21 Å². The quantitative estimate of drug-likeness (QED) is 0.211. The van der Waals surface area contributed by atoms with E-state index in [1.807, 2.05) is 42.5 Å². The van der Waals surface area contributed by atoms with E-state index in [0.717, 1.165) is 35.9 Å². The van der Waals surface area contributed by atoms with E-state index < -0.39 is 0 Å². The summed E-state index contributed by atoms with van der Waals surface area (Å²) in [4.78, 5) is 9.15. The van der Waals surface area contributed by atoms with E-state index in [-0.39, 0.29) is 5.75 Å². The molecule has 28 heavy (non-hydrogen) atoms. The third-order valence-electron chi connectivity index (χ3n) is 4.36. The molecule has 140 valence electrons. The lowest BCUT2D eigenvalue weighted by molar-refractivity contribution is 0.470. The van der Waals surface area contributed by atoms with Crippen molar-refractivity contribution in [3.8, 4) is 17.2 Å². The molecule has 0 saturated heterocycles. The minimum absolute atomic E-state index is 0.242. The van der Waals surface area contributed by atoms with Crippen LogP contribution in [0.1, 0.15) is 18.1 Å². The zero-order valence-electron chi connectivity index (χ0n) is 15.0. The Labute approximate surface area is 190 Å². The summed E-state index contributed by atoms with van der Waals surface area (Å²) in [5, 5.41) is 10.2. The first-order valence-corrected chi connectivity index (χ1v) is 10.9. The average molecular weight is 594 g/mol. The van der Waals surface area contributed by atoms with Crippen molar-refractivity contribution < 1.29 is 9.52 Å². The first-order valence-electron chi connectivity index (χ1n) is 8.75. The van der Waals surface area contributed by atoms with Crippen LogP contribution in [-0.4, -0.2) is 16.3 Å². The highest BCUT2D eigenvalue weighted by atomic mass is 127. The maximum atomic E-state index is 10.2. The first kappa shape index (κ1) is 19.4. The maximum absolute atomic E-state index is 10.2. The summed E-state index contributed by atoms with van der Waals surface area (Å²) in [6.45, 7) is 2.12. The van der Waals surface area contributed by atoms with Crippen LogP contribution in [0.5, 0.6) is 5.75 Å². The molecule has 0 bridgehead atoms. The number of fused-ring (bicyclic) bond motifs is 1. The van der Waals surface area contributed by atoms with Gasteiger partial charge in [0.05, 0.1) is 9.26 Å². The summed E-state index contributed by atoms with van der Waals surface area (Å²) in [6.07, 6.45) is 2.64. The first-order chi connectivity index (χ1) is 13.5. The Hall–Kier alpha value is -1.94. The van der Waals surface area contributed by atoms with Crippen LogP contribution in [0.4, 0.5) is 5.69 Å². The average Bonchev–Trinajstić information content (AvgIpc) is 3.13. The predicted octanol–water partition coefficient (Wildman–Crippen LogP) is 6.72. The van der Waals surface area contributed by atoms with E-state index in [1.165, 1.54) is 5.56 Å². The van der Waals surface area contributed by atoms with E-state index >= 15 is 0 Å². The Kier molecular flexibility index (Phi) is 5.68. The highest BCUT2D eigenvalue weighted by Crippen LogP contribution is 2.29. The number of phenols is 1. The molecule has 0 saturated carbocycles. The minimum Gasteiger partial charge on any atom is -0.506 e. The number of hydrogen-bond acceptors (Lipinski definition) is 4. The van der Waals surface area contributed by atoms with Gasteiger partial charge in [0.2, 0.25) is 5.89 Å². The number of rotatable bonds is 4. The van der Waals surface area contributed by atoms with Gasteiger partial charge in [0.25, 0.3) is 0 Å². The maximum Gasteiger partial charge on any atom is 0.227 e. The molecule has 0 unspecified atom stereocenters. The summed E-state index contributed by atoms with van der Waals surface area (Å²) in [6, 6.07) is 17.6. The van der Waals surface area contributed by atoms with Gasteiger partial charge in [-0.1, -0.05) is 19.1 Å². The second kappa shape index (κ2) is 8.20. The third kappa shape index (κ3) is 4.07. The molecular weight excluding hydrogens is 578 g/mol. The number of aromatic nitrogens is 1. The summed E-state index contributed by atoms with van der Waals surface area (Å²) in [7, 11) is 0. The zero-order chi connectivity index (χ0) is 19.7. The molecule has 6 heteroatoms. The second-order valence-corrected chi connectivity index (χ2v) is 8.72.